The van der Waals surface area contributed by atoms with Crippen LogP contribution in [0, 0.1) is 5.92 Å². The van der Waals surface area contributed by atoms with E-state index < -0.39 is 0 Å². The molecule has 4 heteroatoms. The van der Waals surface area contributed by atoms with Gasteiger partial charge in [0.1, 0.15) is 5.75 Å². The number of amides is 1. The Labute approximate surface area is 121 Å². The summed E-state index contributed by atoms with van der Waals surface area (Å²) in [5, 5.41) is 6.06. The van der Waals surface area contributed by atoms with E-state index in [0.717, 1.165) is 11.4 Å². The Morgan fingerprint density at radius 2 is 1.70 bits per heavy atom. The van der Waals surface area contributed by atoms with Crippen molar-refractivity contribution in [3.05, 3.63) is 24.3 Å². The maximum atomic E-state index is 11.7. The Morgan fingerprint density at radius 1 is 1.10 bits per heavy atom. The topological polar surface area (TPSA) is 50.4 Å². The van der Waals surface area contributed by atoms with E-state index in [0.29, 0.717) is 5.92 Å². The van der Waals surface area contributed by atoms with E-state index in [1.807, 2.05) is 45.0 Å². The van der Waals surface area contributed by atoms with Crippen LogP contribution < -0.4 is 15.4 Å². The van der Waals surface area contributed by atoms with E-state index in [-0.39, 0.29) is 24.6 Å². The van der Waals surface area contributed by atoms with Crippen molar-refractivity contribution in [3.63, 3.8) is 0 Å². The second kappa shape index (κ2) is 7.78. The van der Waals surface area contributed by atoms with Crippen LogP contribution in [0.15, 0.2) is 24.3 Å². The Balaban J connectivity index is 2.40. The number of hydrogen-bond acceptors (Lipinski definition) is 3. The van der Waals surface area contributed by atoms with E-state index in [2.05, 4.69) is 24.5 Å². The molecule has 0 aliphatic carbocycles. The van der Waals surface area contributed by atoms with Crippen LogP contribution >= 0.6 is 0 Å². The van der Waals surface area contributed by atoms with Crippen molar-refractivity contribution >= 4 is 11.6 Å². The van der Waals surface area contributed by atoms with Gasteiger partial charge in [0, 0.05) is 11.7 Å². The van der Waals surface area contributed by atoms with Crippen LogP contribution in [0.2, 0.25) is 0 Å². The summed E-state index contributed by atoms with van der Waals surface area (Å²) < 4.78 is 5.57. The summed E-state index contributed by atoms with van der Waals surface area (Å²) >= 11 is 0. The maximum Gasteiger partial charge on any atom is 0.239 e. The van der Waals surface area contributed by atoms with Gasteiger partial charge in [0.05, 0.1) is 12.6 Å². The Kier molecular flexibility index (Phi) is 6.36. The van der Waals surface area contributed by atoms with Gasteiger partial charge in [0.2, 0.25) is 5.91 Å². The third kappa shape index (κ3) is 5.95. The van der Waals surface area contributed by atoms with Gasteiger partial charge >= 0.3 is 0 Å². The van der Waals surface area contributed by atoms with Crippen molar-refractivity contribution in [2.24, 2.45) is 5.92 Å². The Morgan fingerprint density at radius 3 is 2.20 bits per heavy atom. The minimum absolute atomic E-state index is 0.00806. The second-order valence-corrected chi connectivity index (χ2v) is 5.64. The average molecular weight is 278 g/mol. The molecule has 0 bridgehead atoms. The van der Waals surface area contributed by atoms with Gasteiger partial charge < -0.3 is 15.4 Å². The molecule has 0 saturated carbocycles. The molecular formula is C16H26N2O2. The normalized spacial score (nSPS) is 12.3. The first-order valence-corrected chi connectivity index (χ1v) is 7.18. The van der Waals surface area contributed by atoms with Gasteiger partial charge in [-0.05, 0) is 51.0 Å². The summed E-state index contributed by atoms with van der Waals surface area (Å²) in [6.45, 7) is 10.5. The Hall–Kier alpha value is -1.71. The summed E-state index contributed by atoms with van der Waals surface area (Å²) in [6, 6.07) is 7.81. The van der Waals surface area contributed by atoms with Crippen LogP contribution in [-0.2, 0) is 4.79 Å². The van der Waals surface area contributed by atoms with Crippen molar-refractivity contribution < 1.29 is 9.53 Å². The quantitative estimate of drug-likeness (QED) is 0.806. The lowest BCUT2D eigenvalue weighted by Crippen LogP contribution is -2.39. The fraction of sp³-hybridized carbons (Fsp3) is 0.562. The number of carbonyl (C=O) groups is 1. The first-order valence-electron chi connectivity index (χ1n) is 7.18. The predicted octanol–water partition coefficient (Wildman–Crippen LogP) is 3.05. The van der Waals surface area contributed by atoms with Crippen LogP contribution in [0.3, 0.4) is 0 Å². The largest absolute Gasteiger partial charge is 0.491 e. The molecule has 0 aromatic heterocycles. The number of anilines is 1. The van der Waals surface area contributed by atoms with Crippen molar-refractivity contribution in [2.75, 3.05) is 11.9 Å². The highest BCUT2D eigenvalue weighted by Gasteiger charge is 2.10. The monoisotopic (exact) mass is 278 g/mol. The van der Waals surface area contributed by atoms with Crippen molar-refractivity contribution in [1.29, 1.82) is 0 Å². The molecule has 0 spiro atoms. The molecule has 0 heterocycles. The van der Waals surface area contributed by atoms with Gasteiger partial charge in [-0.2, -0.15) is 0 Å². The number of hydrogen-bond donors (Lipinski definition) is 2. The third-order valence-electron chi connectivity index (χ3n) is 3.07. The summed E-state index contributed by atoms with van der Waals surface area (Å²) in [4.78, 5) is 11.7. The zero-order chi connectivity index (χ0) is 15.1. The molecule has 2 N–H and O–H groups in total. The molecule has 4 nitrogen and oxygen atoms in total. The first-order chi connectivity index (χ1) is 9.38. The van der Waals surface area contributed by atoms with Crippen molar-refractivity contribution in [3.8, 4) is 5.75 Å². The van der Waals surface area contributed by atoms with E-state index >= 15 is 0 Å². The first kappa shape index (κ1) is 16.3. The zero-order valence-corrected chi connectivity index (χ0v) is 13.1. The molecule has 1 amide bonds. The van der Waals surface area contributed by atoms with Gasteiger partial charge in [0.15, 0.2) is 0 Å². The van der Waals surface area contributed by atoms with E-state index in [9.17, 15) is 4.79 Å². The van der Waals surface area contributed by atoms with Crippen LogP contribution in [-0.4, -0.2) is 24.6 Å². The lowest BCUT2D eigenvalue weighted by molar-refractivity contribution is -0.120. The molecule has 1 aromatic carbocycles. The van der Waals surface area contributed by atoms with E-state index in [4.69, 9.17) is 4.74 Å². The number of rotatable bonds is 7. The molecule has 0 saturated heterocycles. The smallest absolute Gasteiger partial charge is 0.239 e. The highest BCUT2D eigenvalue weighted by molar-refractivity contribution is 5.80. The number of ether oxygens (including phenoxy) is 1. The van der Waals surface area contributed by atoms with Gasteiger partial charge in [0.25, 0.3) is 0 Å². The minimum atomic E-state index is 0.00806. The number of benzene rings is 1. The Bertz CT molecular complexity index is 413. The predicted molar refractivity (Wildman–Crippen MR) is 83.1 cm³/mol. The van der Waals surface area contributed by atoms with Gasteiger partial charge in [-0.15, -0.1) is 0 Å². The summed E-state index contributed by atoms with van der Waals surface area (Å²) in [5.74, 6) is 1.28. The molecule has 20 heavy (non-hydrogen) atoms. The molecule has 1 rings (SSSR count). The molecule has 1 aromatic rings. The fourth-order valence-electron chi connectivity index (χ4n) is 1.58. The second-order valence-electron chi connectivity index (χ2n) is 5.64. The van der Waals surface area contributed by atoms with Crippen molar-refractivity contribution in [1.82, 2.24) is 5.32 Å². The number of carbonyl (C=O) groups excluding carboxylic acids is 1. The van der Waals surface area contributed by atoms with Crippen LogP contribution in [0.25, 0.3) is 0 Å². The molecule has 112 valence electrons. The molecule has 1 atom stereocenters. The molecule has 0 radical (unpaired) electrons. The third-order valence-corrected chi connectivity index (χ3v) is 3.07. The van der Waals surface area contributed by atoms with Crippen LogP contribution in [0.1, 0.15) is 34.6 Å². The molecule has 1 unspecified atom stereocenters. The molecular weight excluding hydrogens is 252 g/mol. The van der Waals surface area contributed by atoms with Crippen molar-refractivity contribution in [2.45, 2.75) is 46.8 Å². The maximum absolute atomic E-state index is 11.7. The highest BCUT2D eigenvalue weighted by Crippen LogP contribution is 2.16. The zero-order valence-electron chi connectivity index (χ0n) is 13.1. The standard InChI is InChI=1S/C16H26N2O2/c1-11(2)13(5)18-16(19)10-17-14-6-8-15(9-7-14)20-12(3)4/h6-9,11-13,17H,10H2,1-5H3,(H,18,19). The average Bonchev–Trinajstić information content (AvgIpc) is 2.37. The fourth-order valence-corrected chi connectivity index (χ4v) is 1.58. The van der Waals surface area contributed by atoms with E-state index in [1.165, 1.54) is 0 Å². The van der Waals surface area contributed by atoms with Gasteiger partial charge in [-0.25, -0.2) is 0 Å². The van der Waals surface area contributed by atoms with Crippen LogP contribution in [0.5, 0.6) is 5.75 Å². The molecule has 0 aliphatic heterocycles. The number of nitrogens with one attached hydrogen (secondary N) is 2. The lowest BCUT2D eigenvalue weighted by atomic mass is 10.1. The van der Waals surface area contributed by atoms with Gasteiger partial charge in [-0.1, -0.05) is 13.8 Å². The summed E-state index contributed by atoms with van der Waals surface area (Å²) in [6.07, 6.45) is 0.164. The van der Waals surface area contributed by atoms with E-state index in [1.54, 1.807) is 0 Å². The lowest BCUT2D eigenvalue weighted by Gasteiger charge is -2.17. The summed E-state index contributed by atoms with van der Waals surface area (Å²) in [7, 11) is 0. The summed E-state index contributed by atoms with van der Waals surface area (Å²) in [5.41, 5.74) is 0.911. The molecule has 0 aliphatic rings. The van der Waals surface area contributed by atoms with Crippen LogP contribution in [0.4, 0.5) is 5.69 Å². The highest BCUT2D eigenvalue weighted by atomic mass is 16.5. The molecule has 0 fully saturated rings. The van der Waals surface area contributed by atoms with Gasteiger partial charge in [-0.3, -0.25) is 4.79 Å². The SMILES string of the molecule is CC(C)Oc1ccc(NCC(=O)NC(C)C(C)C)cc1. The minimum Gasteiger partial charge on any atom is -0.491 e.